The predicted molar refractivity (Wildman–Crippen MR) is 93.6 cm³/mol. The number of carbonyl (C=O) groups excluding carboxylic acids is 1. The zero-order valence-electron chi connectivity index (χ0n) is 13.4. The van der Waals surface area contributed by atoms with Crippen LogP contribution in [0.1, 0.15) is 40.0 Å². The second-order valence-electron chi connectivity index (χ2n) is 6.20. The first-order valence-electron chi connectivity index (χ1n) is 8.18. The average Bonchev–Trinajstić information content (AvgIpc) is 3.03. The SMILES string of the molecule is C[C@H]1CCCN(C(=O)c2cnc(Cc3ccccc3)s2)[C@H]1CN. The van der Waals surface area contributed by atoms with E-state index in [-0.39, 0.29) is 11.9 Å². The van der Waals surface area contributed by atoms with E-state index in [2.05, 4.69) is 24.0 Å². The Hall–Kier alpha value is -1.72. The van der Waals surface area contributed by atoms with E-state index < -0.39 is 0 Å². The van der Waals surface area contributed by atoms with Crippen LogP contribution in [-0.4, -0.2) is 34.9 Å². The van der Waals surface area contributed by atoms with Gasteiger partial charge in [-0.2, -0.15) is 0 Å². The van der Waals surface area contributed by atoms with Crippen molar-refractivity contribution in [2.24, 2.45) is 11.7 Å². The van der Waals surface area contributed by atoms with Crippen LogP contribution in [0.4, 0.5) is 0 Å². The molecule has 2 heterocycles. The third-order valence-corrected chi connectivity index (χ3v) is 5.57. The van der Waals surface area contributed by atoms with Crippen molar-refractivity contribution in [1.82, 2.24) is 9.88 Å². The highest BCUT2D eigenvalue weighted by Gasteiger charge is 2.32. The van der Waals surface area contributed by atoms with Crippen molar-refractivity contribution in [1.29, 1.82) is 0 Å². The first kappa shape index (κ1) is 16.1. The molecule has 0 unspecified atom stereocenters. The number of nitrogens with zero attached hydrogens (tertiary/aromatic N) is 2. The summed E-state index contributed by atoms with van der Waals surface area (Å²) in [6.07, 6.45) is 4.69. The van der Waals surface area contributed by atoms with Gasteiger partial charge in [0.15, 0.2) is 0 Å². The van der Waals surface area contributed by atoms with Crippen LogP contribution in [0.25, 0.3) is 0 Å². The van der Waals surface area contributed by atoms with E-state index in [0.29, 0.717) is 12.5 Å². The van der Waals surface area contributed by atoms with Crippen LogP contribution in [0.2, 0.25) is 0 Å². The fraction of sp³-hybridized carbons (Fsp3) is 0.444. The Balaban J connectivity index is 1.73. The summed E-state index contributed by atoms with van der Waals surface area (Å²) in [6.45, 7) is 3.52. The predicted octanol–water partition coefficient (Wildman–Crippen LogP) is 2.93. The molecule has 1 amide bonds. The van der Waals surface area contributed by atoms with E-state index in [4.69, 9.17) is 5.73 Å². The lowest BCUT2D eigenvalue weighted by Gasteiger charge is -2.39. The van der Waals surface area contributed by atoms with Crippen molar-refractivity contribution in [3.8, 4) is 0 Å². The topological polar surface area (TPSA) is 59.2 Å². The first-order valence-corrected chi connectivity index (χ1v) is 9.00. The highest BCUT2D eigenvalue weighted by atomic mass is 32.1. The molecule has 1 aromatic carbocycles. The largest absolute Gasteiger partial charge is 0.333 e. The molecule has 0 saturated carbocycles. The third kappa shape index (κ3) is 3.62. The van der Waals surface area contributed by atoms with E-state index in [0.717, 1.165) is 35.7 Å². The lowest BCUT2D eigenvalue weighted by atomic mass is 9.90. The van der Waals surface area contributed by atoms with Crippen LogP contribution < -0.4 is 5.73 Å². The summed E-state index contributed by atoms with van der Waals surface area (Å²) in [5, 5.41) is 0.980. The Labute approximate surface area is 141 Å². The maximum absolute atomic E-state index is 12.8. The van der Waals surface area contributed by atoms with Gasteiger partial charge in [0.05, 0.1) is 11.2 Å². The van der Waals surface area contributed by atoms with Gasteiger partial charge in [0.25, 0.3) is 5.91 Å². The van der Waals surface area contributed by atoms with Gasteiger partial charge in [-0.25, -0.2) is 4.98 Å². The minimum absolute atomic E-state index is 0.0869. The van der Waals surface area contributed by atoms with E-state index in [9.17, 15) is 4.79 Å². The van der Waals surface area contributed by atoms with Gasteiger partial charge >= 0.3 is 0 Å². The second kappa shape index (κ2) is 7.23. The fourth-order valence-electron chi connectivity index (χ4n) is 3.26. The van der Waals surface area contributed by atoms with Crippen LogP contribution in [0, 0.1) is 5.92 Å². The average molecular weight is 329 g/mol. The molecule has 1 aliphatic heterocycles. The summed E-state index contributed by atoms with van der Waals surface area (Å²) < 4.78 is 0. The fourth-order valence-corrected chi connectivity index (χ4v) is 4.17. The van der Waals surface area contributed by atoms with Gasteiger partial charge in [-0.05, 0) is 24.3 Å². The lowest BCUT2D eigenvalue weighted by Crippen LogP contribution is -2.51. The zero-order chi connectivity index (χ0) is 16.2. The van der Waals surface area contributed by atoms with Gasteiger partial charge in [-0.1, -0.05) is 37.3 Å². The number of hydrogen-bond acceptors (Lipinski definition) is 4. The van der Waals surface area contributed by atoms with Gasteiger partial charge in [0, 0.05) is 25.6 Å². The summed E-state index contributed by atoms with van der Waals surface area (Å²) in [4.78, 5) is 19.9. The number of benzene rings is 1. The standard InChI is InChI=1S/C18H23N3OS/c1-13-6-5-9-21(15(13)11-19)18(22)16-12-20-17(23-16)10-14-7-3-2-4-8-14/h2-4,7-8,12-13,15H,5-6,9-11,19H2,1H3/t13-,15-/m0/s1. The maximum atomic E-state index is 12.8. The molecule has 1 aromatic heterocycles. The van der Waals surface area contributed by atoms with Gasteiger partial charge < -0.3 is 10.6 Å². The molecule has 122 valence electrons. The minimum Gasteiger partial charge on any atom is -0.333 e. The maximum Gasteiger partial charge on any atom is 0.265 e. The van der Waals surface area contributed by atoms with Gasteiger partial charge in [-0.3, -0.25) is 4.79 Å². The Morgan fingerprint density at radius 3 is 2.91 bits per heavy atom. The lowest BCUT2D eigenvalue weighted by molar-refractivity contribution is 0.0537. The smallest absolute Gasteiger partial charge is 0.265 e. The number of rotatable bonds is 4. The minimum atomic E-state index is 0.0869. The monoisotopic (exact) mass is 329 g/mol. The van der Waals surface area contributed by atoms with E-state index >= 15 is 0 Å². The van der Waals surface area contributed by atoms with Gasteiger partial charge in [0.1, 0.15) is 4.88 Å². The highest BCUT2D eigenvalue weighted by Crippen LogP contribution is 2.26. The van der Waals surface area contributed by atoms with Crippen molar-refractivity contribution in [2.75, 3.05) is 13.1 Å². The number of likely N-dealkylation sites (tertiary alicyclic amines) is 1. The number of piperidine rings is 1. The zero-order valence-corrected chi connectivity index (χ0v) is 14.3. The number of aromatic nitrogens is 1. The molecule has 0 radical (unpaired) electrons. The van der Waals surface area contributed by atoms with Crippen molar-refractivity contribution in [3.05, 3.63) is 52.0 Å². The molecule has 1 saturated heterocycles. The van der Waals surface area contributed by atoms with Crippen LogP contribution in [-0.2, 0) is 6.42 Å². The van der Waals surface area contributed by atoms with Gasteiger partial charge in [-0.15, -0.1) is 11.3 Å². The summed E-state index contributed by atoms with van der Waals surface area (Å²) in [5.41, 5.74) is 7.12. The number of amides is 1. The molecule has 1 fully saturated rings. The Morgan fingerprint density at radius 2 is 2.17 bits per heavy atom. The molecule has 0 spiro atoms. The molecule has 2 aromatic rings. The normalized spacial score (nSPS) is 21.4. The summed E-state index contributed by atoms with van der Waals surface area (Å²) in [7, 11) is 0. The molecule has 4 nitrogen and oxygen atoms in total. The molecule has 2 atom stereocenters. The Morgan fingerprint density at radius 1 is 1.39 bits per heavy atom. The number of thiazole rings is 1. The molecular formula is C18H23N3OS. The van der Waals surface area contributed by atoms with Crippen molar-refractivity contribution in [3.63, 3.8) is 0 Å². The Kier molecular flexibility index (Phi) is 5.08. The van der Waals surface area contributed by atoms with Gasteiger partial charge in [0.2, 0.25) is 0 Å². The molecule has 1 aliphatic rings. The van der Waals surface area contributed by atoms with E-state index in [1.54, 1.807) is 6.20 Å². The van der Waals surface area contributed by atoms with E-state index in [1.165, 1.54) is 16.9 Å². The molecular weight excluding hydrogens is 306 g/mol. The van der Waals surface area contributed by atoms with Crippen molar-refractivity contribution < 1.29 is 4.79 Å². The molecule has 5 heteroatoms. The highest BCUT2D eigenvalue weighted by molar-refractivity contribution is 7.13. The first-order chi connectivity index (χ1) is 11.2. The number of nitrogens with two attached hydrogens (primary N) is 1. The van der Waals surface area contributed by atoms with Crippen molar-refractivity contribution in [2.45, 2.75) is 32.2 Å². The Bertz CT molecular complexity index is 655. The molecule has 23 heavy (non-hydrogen) atoms. The van der Waals surface area contributed by atoms with Crippen LogP contribution >= 0.6 is 11.3 Å². The number of hydrogen-bond donors (Lipinski definition) is 1. The molecule has 0 bridgehead atoms. The molecule has 3 rings (SSSR count). The summed E-state index contributed by atoms with van der Waals surface area (Å²) in [6, 6.07) is 10.4. The van der Waals surface area contributed by atoms with Crippen LogP contribution in [0.15, 0.2) is 36.5 Å². The molecule has 2 N–H and O–H groups in total. The number of carbonyl (C=O) groups is 1. The molecule has 0 aliphatic carbocycles. The van der Waals surface area contributed by atoms with Crippen LogP contribution in [0.5, 0.6) is 0 Å². The third-order valence-electron chi connectivity index (χ3n) is 4.58. The van der Waals surface area contributed by atoms with Crippen molar-refractivity contribution >= 4 is 17.2 Å². The quantitative estimate of drug-likeness (QED) is 0.938. The second-order valence-corrected chi connectivity index (χ2v) is 7.32. The summed E-state index contributed by atoms with van der Waals surface area (Å²) in [5.74, 6) is 0.554. The van der Waals surface area contributed by atoms with Crippen LogP contribution in [0.3, 0.4) is 0 Å². The van der Waals surface area contributed by atoms with E-state index in [1.807, 2.05) is 23.1 Å². The summed E-state index contributed by atoms with van der Waals surface area (Å²) >= 11 is 1.50.